The molecule has 0 aliphatic carbocycles. The molecule has 0 aromatic rings. The van der Waals surface area contributed by atoms with Gasteiger partial charge in [-0.1, -0.05) is 306 Å². The zero-order chi connectivity index (χ0) is 69.5. The van der Waals surface area contributed by atoms with E-state index in [-0.39, 0.29) is 19.3 Å². The van der Waals surface area contributed by atoms with Gasteiger partial charge in [-0.25, -0.2) is 9.13 Å². The van der Waals surface area contributed by atoms with Crippen LogP contribution >= 0.6 is 15.6 Å². The predicted molar refractivity (Wildman–Crippen MR) is 390 cm³/mol. The highest BCUT2D eigenvalue weighted by Gasteiger charge is 2.29. The highest BCUT2D eigenvalue weighted by Crippen LogP contribution is 2.45. The van der Waals surface area contributed by atoms with E-state index in [2.05, 4.69) is 93.7 Å². The van der Waals surface area contributed by atoms with Crippen LogP contribution in [-0.2, 0) is 55.8 Å². The predicted octanol–water partition coefficient (Wildman–Crippen LogP) is 21.9. The number of phosphoric acid groups is 2. The number of phosphoric ester groups is 2. The van der Waals surface area contributed by atoms with E-state index in [0.717, 1.165) is 116 Å². The SMILES string of the molecule is CC/C=C\C/C=C\C/C=C\C/C=C\C/C=C\CCCCCCCCCCCCCCCCCCCCCC(=O)OCC(O)COP(=O)(O)OCC(O)COP(=O)(O)OCC(COC(=O)CCCCCCC/C=C\CCCCCC)OC(=O)CCCCCCCCCCCCC. The molecule has 0 aliphatic heterocycles. The number of carbonyl (C=O) groups is 3. The second-order valence-electron chi connectivity index (χ2n) is 25.8. The quantitative estimate of drug-likeness (QED) is 0.0146. The van der Waals surface area contributed by atoms with Crippen molar-refractivity contribution in [1.29, 1.82) is 0 Å². The maximum Gasteiger partial charge on any atom is 0.472 e. The normalized spacial score (nSPS) is 14.5. The number of rotatable bonds is 73. The van der Waals surface area contributed by atoms with Gasteiger partial charge in [0.15, 0.2) is 6.10 Å². The third kappa shape index (κ3) is 72.1. The van der Waals surface area contributed by atoms with Gasteiger partial charge in [0.2, 0.25) is 0 Å². The van der Waals surface area contributed by atoms with Crippen LogP contribution in [0, 0.1) is 0 Å². The first kappa shape index (κ1) is 92.0. The summed E-state index contributed by atoms with van der Waals surface area (Å²) >= 11 is 0. The summed E-state index contributed by atoms with van der Waals surface area (Å²) in [5, 5.41) is 20.6. The lowest BCUT2D eigenvalue weighted by molar-refractivity contribution is -0.161. The highest BCUT2D eigenvalue weighted by molar-refractivity contribution is 7.47. The molecule has 0 radical (unpaired) electrons. The highest BCUT2D eigenvalue weighted by atomic mass is 31.2. The first-order chi connectivity index (χ1) is 46.2. The topological polar surface area (TPSA) is 231 Å². The molecule has 0 aliphatic rings. The Hall–Kier alpha value is -3.01. The molecule has 18 heteroatoms. The number of ether oxygens (including phenoxy) is 3. The fourth-order valence-electron chi connectivity index (χ4n) is 10.6. The van der Waals surface area contributed by atoms with Crippen molar-refractivity contribution >= 4 is 33.6 Å². The number of hydrogen-bond donors (Lipinski definition) is 4. The standard InChI is InChI=1S/C77H140O16P2/c1-4-7-10-13-16-19-22-24-25-26-27-28-29-30-31-32-33-34-35-36-37-38-39-40-41-42-43-44-45-47-50-51-54-57-60-63-75(80)87-66-72(78)67-89-94(83,84)90-68-73(79)69-91-95(85,86)92-71-74(93-77(82)65-62-59-56-53-48-21-18-15-12-9-6-3)70-88-76(81)64-61-58-55-52-49-46-23-20-17-14-11-8-5-2/h7,10,16,19-20,23-25,27-28,30-31,72-74,78-79H,4-6,8-9,11-15,17-18,21-22,26,29,32-71H2,1-3H3,(H,83,84)(H,85,86)/b10-7-,19-16-,23-20-,25-24-,28-27-,31-30-. The Labute approximate surface area is 579 Å². The van der Waals surface area contributed by atoms with E-state index in [1.54, 1.807) is 0 Å². The molecule has 0 amide bonds. The van der Waals surface area contributed by atoms with Crippen LogP contribution in [0.25, 0.3) is 0 Å². The van der Waals surface area contributed by atoms with Crippen LogP contribution in [0.2, 0.25) is 0 Å². The first-order valence-corrected chi connectivity index (χ1v) is 41.2. The molecule has 5 atom stereocenters. The number of allylic oxidation sites excluding steroid dienone is 12. The average Bonchev–Trinajstić information content (AvgIpc) is 3.02. The maximum atomic E-state index is 12.9. The van der Waals surface area contributed by atoms with Gasteiger partial charge >= 0.3 is 33.6 Å². The summed E-state index contributed by atoms with van der Waals surface area (Å²) in [4.78, 5) is 58.3. The molecule has 0 spiro atoms. The molecule has 5 unspecified atom stereocenters. The number of hydrogen-bond acceptors (Lipinski definition) is 14. The zero-order valence-corrected chi connectivity index (χ0v) is 62.1. The van der Waals surface area contributed by atoms with Crippen molar-refractivity contribution in [3.8, 4) is 0 Å². The summed E-state index contributed by atoms with van der Waals surface area (Å²) in [7, 11) is -9.76. The molecular formula is C77H140O16P2. The Morgan fingerprint density at radius 3 is 0.905 bits per heavy atom. The van der Waals surface area contributed by atoms with Crippen LogP contribution in [0.5, 0.6) is 0 Å². The van der Waals surface area contributed by atoms with Crippen LogP contribution in [-0.4, -0.2) is 95.9 Å². The van der Waals surface area contributed by atoms with Gasteiger partial charge in [-0.2, -0.15) is 0 Å². The van der Waals surface area contributed by atoms with Gasteiger partial charge in [-0.3, -0.25) is 32.5 Å². The molecule has 0 saturated carbocycles. The molecule has 0 fully saturated rings. The summed E-state index contributed by atoms with van der Waals surface area (Å²) in [6.07, 6.45) is 77.1. The smallest absolute Gasteiger partial charge is 0.463 e. The Morgan fingerprint density at radius 2 is 0.558 bits per heavy atom. The van der Waals surface area contributed by atoms with Gasteiger partial charge in [0.1, 0.15) is 25.4 Å². The first-order valence-electron chi connectivity index (χ1n) is 38.2. The Balaban J connectivity index is 4.23. The van der Waals surface area contributed by atoms with Gasteiger partial charge in [-0.05, 0) is 89.9 Å². The largest absolute Gasteiger partial charge is 0.472 e. The molecule has 0 rings (SSSR count). The van der Waals surface area contributed by atoms with Gasteiger partial charge in [-0.15, -0.1) is 0 Å². The molecule has 95 heavy (non-hydrogen) atoms. The second kappa shape index (κ2) is 70.8. The van der Waals surface area contributed by atoms with Crippen LogP contribution in [0.1, 0.15) is 342 Å². The van der Waals surface area contributed by atoms with Gasteiger partial charge in [0.05, 0.1) is 26.4 Å². The van der Waals surface area contributed by atoms with Crippen molar-refractivity contribution in [1.82, 2.24) is 0 Å². The van der Waals surface area contributed by atoms with E-state index in [4.69, 9.17) is 32.3 Å². The number of esters is 3. The van der Waals surface area contributed by atoms with E-state index in [0.29, 0.717) is 19.3 Å². The Bertz CT molecular complexity index is 2020. The Kier molecular flexibility index (Phi) is 68.6. The van der Waals surface area contributed by atoms with Crippen molar-refractivity contribution in [2.75, 3.05) is 39.6 Å². The summed E-state index contributed by atoms with van der Waals surface area (Å²) in [6.45, 7) is 2.56. The lowest BCUT2D eigenvalue weighted by Crippen LogP contribution is -2.30. The lowest BCUT2D eigenvalue weighted by atomic mass is 10.0. The molecule has 4 N–H and O–H groups in total. The van der Waals surface area contributed by atoms with E-state index < -0.39 is 91.5 Å². The minimum Gasteiger partial charge on any atom is -0.463 e. The monoisotopic (exact) mass is 1380 g/mol. The number of carbonyl (C=O) groups excluding carboxylic acids is 3. The number of aliphatic hydroxyl groups is 2. The molecule has 0 aromatic carbocycles. The van der Waals surface area contributed by atoms with Crippen molar-refractivity contribution in [3.63, 3.8) is 0 Å². The fourth-order valence-corrected chi connectivity index (χ4v) is 12.2. The van der Waals surface area contributed by atoms with Crippen LogP contribution < -0.4 is 0 Å². The minimum absolute atomic E-state index is 0.109. The zero-order valence-electron chi connectivity index (χ0n) is 60.3. The van der Waals surface area contributed by atoms with Crippen LogP contribution in [0.4, 0.5) is 0 Å². The fraction of sp³-hybridized carbons (Fsp3) is 0.805. The molecule has 0 saturated heterocycles. The van der Waals surface area contributed by atoms with E-state index in [9.17, 15) is 43.5 Å². The third-order valence-corrected chi connectivity index (χ3v) is 18.3. The molecule has 554 valence electrons. The van der Waals surface area contributed by atoms with E-state index >= 15 is 0 Å². The molecule has 0 heterocycles. The maximum absolute atomic E-state index is 12.9. The molecule has 16 nitrogen and oxygen atoms in total. The van der Waals surface area contributed by atoms with Crippen molar-refractivity contribution < 1.29 is 75.8 Å². The summed E-state index contributed by atoms with van der Waals surface area (Å²) in [6, 6.07) is 0. The van der Waals surface area contributed by atoms with Gasteiger partial charge in [0.25, 0.3) is 0 Å². The van der Waals surface area contributed by atoms with Gasteiger partial charge in [0, 0.05) is 19.3 Å². The van der Waals surface area contributed by atoms with Gasteiger partial charge < -0.3 is 34.2 Å². The number of aliphatic hydroxyl groups excluding tert-OH is 2. The van der Waals surface area contributed by atoms with Crippen molar-refractivity contribution in [2.24, 2.45) is 0 Å². The summed E-state index contributed by atoms with van der Waals surface area (Å²) < 4.78 is 60.9. The van der Waals surface area contributed by atoms with E-state index in [1.807, 2.05) is 0 Å². The summed E-state index contributed by atoms with van der Waals surface area (Å²) in [5.74, 6) is -1.57. The summed E-state index contributed by atoms with van der Waals surface area (Å²) in [5.41, 5.74) is 0. The van der Waals surface area contributed by atoms with Crippen molar-refractivity contribution in [3.05, 3.63) is 72.9 Å². The second-order valence-corrected chi connectivity index (χ2v) is 28.7. The van der Waals surface area contributed by atoms with Crippen LogP contribution in [0.3, 0.4) is 0 Å². The Morgan fingerprint density at radius 1 is 0.305 bits per heavy atom. The number of unbranched alkanes of at least 4 members (excludes halogenated alkanes) is 38. The molecule has 0 aromatic heterocycles. The van der Waals surface area contributed by atoms with Crippen LogP contribution in [0.15, 0.2) is 72.9 Å². The lowest BCUT2D eigenvalue weighted by Gasteiger charge is -2.21. The average molecular weight is 1380 g/mol. The van der Waals surface area contributed by atoms with E-state index in [1.165, 1.54) is 167 Å². The molecular weight excluding hydrogens is 1240 g/mol. The third-order valence-electron chi connectivity index (χ3n) is 16.4. The molecule has 0 bridgehead atoms. The minimum atomic E-state index is -4.91. The van der Waals surface area contributed by atoms with Crippen molar-refractivity contribution in [2.45, 2.75) is 360 Å².